The molecular weight excluding hydrogens is 296 g/mol. The lowest BCUT2D eigenvalue weighted by atomic mass is 10.0. The van der Waals surface area contributed by atoms with Crippen molar-refractivity contribution in [2.75, 3.05) is 31.5 Å². The van der Waals surface area contributed by atoms with E-state index < -0.39 is 4.92 Å². The Bertz CT molecular complexity index is 647. The molecule has 0 spiro atoms. The lowest BCUT2D eigenvalue weighted by Gasteiger charge is -2.18. The van der Waals surface area contributed by atoms with Gasteiger partial charge in [-0.1, -0.05) is 0 Å². The van der Waals surface area contributed by atoms with Crippen LogP contribution in [0.1, 0.15) is 23.2 Å². The van der Waals surface area contributed by atoms with Crippen LogP contribution >= 0.6 is 0 Å². The predicted octanol–water partition coefficient (Wildman–Crippen LogP) is 1.46. The number of hydrogen-bond acceptors (Lipinski definition) is 5. The standard InChI is InChI=1S/C16H20N4O3/c21-16(19-8-11-6-17-7-12(11)9-19)10-1-4-14(18-13-2-3-13)15(5-10)20(22)23/h1,4-5,11-13,17-18H,2-3,6-9H2/t11-,12+. The number of carbonyl (C=O) groups is 1. The highest BCUT2D eigenvalue weighted by Crippen LogP contribution is 2.33. The quantitative estimate of drug-likeness (QED) is 0.648. The van der Waals surface area contributed by atoms with E-state index in [4.69, 9.17) is 0 Å². The van der Waals surface area contributed by atoms with Crippen LogP contribution in [0.15, 0.2) is 18.2 Å². The molecule has 2 N–H and O–H groups in total. The molecule has 122 valence electrons. The maximum atomic E-state index is 12.7. The Morgan fingerprint density at radius 3 is 2.57 bits per heavy atom. The normalized spacial score (nSPS) is 26.2. The zero-order valence-electron chi connectivity index (χ0n) is 12.8. The van der Waals surface area contributed by atoms with E-state index in [1.165, 1.54) is 6.07 Å². The summed E-state index contributed by atoms with van der Waals surface area (Å²) in [6, 6.07) is 5.12. The summed E-state index contributed by atoms with van der Waals surface area (Å²) in [5.41, 5.74) is 0.909. The van der Waals surface area contributed by atoms with Crippen molar-refractivity contribution in [1.29, 1.82) is 0 Å². The van der Waals surface area contributed by atoms with Gasteiger partial charge in [-0.15, -0.1) is 0 Å². The first kappa shape index (κ1) is 14.4. The predicted molar refractivity (Wildman–Crippen MR) is 85.5 cm³/mol. The van der Waals surface area contributed by atoms with E-state index in [0.29, 0.717) is 29.1 Å². The topological polar surface area (TPSA) is 87.5 Å². The highest BCUT2D eigenvalue weighted by molar-refractivity contribution is 5.96. The van der Waals surface area contributed by atoms with Crippen molar-refractivity contribution in [3.63, 3.8) is 0 Å². The van der Waals surface area contributed by atoms with Crippen LogP contribution in [-0.4, -0.2) is 48.0 Å². The highest BCUT2D eigenvalue weighted by Gasteiger charge is 2.38. The smallest absolute Gasteiger partial charge is 0.293 e. The maximum Gasteiger partial charge on any atom is 0.293 e. The summed E-state index contributed by atoms with van der Waals surface area (Å²) >= 11 is 0. The second-order valence-electron chi connectivity index (χ2n) is 6.80. The van der Waals surface area contributed by atoms with Crippen LogP contribution < -0.4 is 10.6 Å². The average molecular weight is 316 g/mol. The molecule has 3 fully saturated rings. The van der Waals surface area contributed by atoms with Crippen LogP contribution in [0, 0.1) is 22.0 Å². The van der Waals surface area contributed by atoms with E-state index in [1.807, 2.05) is 4.90 Å². The van der Waals surface area contributed by atoms with Gasteiger partial charge in [0.2, 0.25) is 0 Å². The fourth-order valence-electron chi connectivity index (χ4n) is 3.59. The number of carbonyl (C=O) groups excluding carboxylic acids is 1. The summed E-state index contributed by atoms with van der Waals surface area (Å²) in [5, 5.41) is 17.8. The number of nitrogens with zero attached hydrogens (tertiary/aromatic N) is 2. The van der Waals surface area contributed by atoms with Crippen LogP contribution in [0.4, 0.5) is 11.4 Å². The Hall–Kier alpha value is -2.15. The fraction of sp³-hybridized carbons (Fsp3) is 0.562. The maximum absolute atomic E-state index is 12.7. The summed E-state index contributed by atoms with van der Waals surface area (Å²) in [6.07, 6.45) is 2.09. The van der Waals surface area contributed by atoms with E-state index in [-0.39, 0.29) is 11.6 Å². The SMILES string of the molecule is O=C(c1ccc(NC2CC2)c([N+](=O)[O-])c1)N1C[C@H]2CNC[C@H]2C1. The first-order valence-electron chi connectivity index (χ1n) is 8.17. The largest absolute Gasteiger partial charge is 0.377 e. The molecule has 3 aliphatic rings. The summed E-state index contributed by atoms with van der Waals surface area (Å²) in [6.45, 7) is 3.40. The molecule has 0 aromatic heterocycles. The molecule has 7 nitrogen and oxygen atoms in total. The van der Waals surface area contributed by atoms with Crippen LogP contribution in [0.3, 0.4) is 0 Å². The lowest BCUT2D eigenvalue weighted by Crippen LogP contribution is -2.31. The van der Waals surface area contributed by atoms with Crippen molar-refractivity contribution in [3.8, 4) is 0 Å². The first-order valence-corrected chi connectivity index (χ1v) is 8.17. The van der Waals surface area contributed by atoms with E-state index >= 15 is 0 Å². The van der Waals surface area contributed by atoms with Gasteiger partial charge in [0.25, 0.3) is 11.6 Å². The van der Waals surface area contributed by atoms with Crippen molar-refractivity contribution >= 4 is 17.3 Å². The highest BCUT2D eigenvalue weighted by atomic mass is 16.6. The van der Waals surface area contributed by atoms with Gasteiger partial charge in [-0.05, 0) is 36.8 Å². The number of hydrogen-bond donors (Lipinski definition) is 2. The minimum absolute atomic E-state index is 0.0104. The van der Waals surface area contributed by atoms with Gasteiger partial charge in [0.1, 0.15) is 5.69 Å². The molecule has 1 aromatic carbocycles. The molecule has 2 atom stereocenters. The Balaban J connectivity index is 1.54. The van der Waals surface area contributed by atoms with Crippen LogP contribution in [-0.2, 0) is 0 Å². The van der Waals surface area contributed by atoms with E-state index in [1.54, 1.807) is 12.1 Å². The minimum Gasteiger partial charge on any atom is -0.377 e. The summed E-state index contributed by atoms with van der Waals surface area (Å²) in [5.74, 6) is 0.940. The minimum atomic E-state index is -0.413. The Morgan fingerprint density at radius 2 is 1.96 bits per heavy atom. The Morgan fingerprint density at radius 1 is 1.26 bits per heavy atom. The number of nitro benzene ring substituents is 1. The van der Waals surface area contributed by atoms with E-state index in [9.17, 15) is 14.9 Å². The van der Waals surface area contributed by atoms with Crippen molar-refractivity contribution in [2.45, 2.75) is 18.9 Å². The molecule has 4 rings (SSSR count). The van der Waals surface area contributed by atoms with Crippen LogP contribution in [0.2, 0.25) is 0 Å². The van der Waals surface area contributed by atoms with Gasteiger partial charge in [-0.2, -0.15) is 0 Å². The van der Waals surface area contributed by atoms with Crippen molar-refractivity contribution in [1.82, 2.24) is 10.2 Å². The van der Waals surface area contributed by atoms with Crippen molar-refractivity contribution < 1.29 is 9.72 Å². The van der Waals surface area contributed by atoms with Gasteiger partial charge in [0, 0.05) is 43.9 Å². The van der Waals surface area contributed by atoms with Gasteiger partial charge < -0.3 is 15.5 Å². The van der Waals surface area contributed by atoms with Gasteiger partial charge in [-0.3, -0.25) is 14.9 Å². The number of benzene rings is 1. The summed E-state index contributed by atoms with van der Waals surface area (Å²) < 4.78 is 0. The van der Waals surface area contributed by atoms with Gasteiger partial charge in [-0.25, -0.2) is 0 Å². The van der Waals surface area contributed by atoms with Crippen LogP contribution in [0.5, 0.6) is 0 Å². The third kappa shape index (κ3) is 2.76. The molecule has 1 aromatic rings. The second-order valence-corrected chi connectivity index (χ2v) is 6.80. The molecule has 2 aliphatic heterocycles. The molecule has 1 amide bonds. The average Bonchev–Trinajstić information content (AvgIpc) is 3.08. The van der Waals surface area contributed by atoms with Crippen molar-refractivity contribution in [2.24, 2.45) is 11.8 Å². The third-order valence-corrected chi connectivity index (χ3v) is 5.06. The summed E-state index contributed by atoms with van der Waals surface area (Å²) in [4.78, 5) is 25.4. The molecule has 0 bridgehead atoms. The zero-order valence-corrected chi connectivity index (χ0v) is 12.8. The number of rotatable bonds is 4. The Labute approximate surface area is 134 Å². The van der Waals surface area contributed by atoms with Gasteiger partial charge >= 0.3 is 0 Å². The zero-order chi connectivity index (χ0) is 16.0. The van der Waals surface area contributed by atoms with Gasteiger partial charge in [0.15, 0.2) is 0 Å². The number of nitrogens with one attached hydrogen (secondary N) is 2. The second kappa shape index (κ2) is 5.49. The monoisotopic (exact) mass is 316 g/mol. The molecule has 1 aliphatic carbocycles. The lowest BCUT2D eigenvalue weighted by molar-refractivity contribution is -0.384. The van der Waals surface area contributed by atoms with E-state index in [0.717, 1.165) is 39.0 Å². The Kier molecular flexibility index (Phi) is 3.45. The number of anilines is 1. The third-order valence-electron chi connectivity index (χ3n) is 5.06. The number of likely N-dealkylation sites (tertiary alicyclic amines) is 1. The molecular formula is C16H20N4O3. The summed E-state index contributed by atoms with van der Waals surface area (Å²) in [7, 11) is 0. The number of amides is 1. The first-order chi connectivity index (χ1) is 11.1. The molecule has 2 saturated heterocycles. The molecule has 0 radical (unpaired) electrons. The van der Waals surface area contributed by atoms with E-state index in [2.05, 4.69) is 10.6 Å². The molecule has 23 heavy (non-hydrogen) atoms. The fourth-order valence-corrected chi connectivity index (χ4v) is 3.59. The van der Waals surface area contributed by atoms with Crippen molar-refractivity contribution in [3.05, 3.63) is 33.9 Å². The molecule has 7 heteroatoms. The number of fused-ring (bicyclic) bond motifs is 1. The molecule has 0 unspecified atom stereocenters. The van der Waals surface area contributed by atoms with Gasteiger partial charge in [0.05, 0.1) is 4.92 Å². The van der Waals surface area contributed by atoms with Crippen LogP contribution in [0.25, 0.3) is 0 Å². The molecule has 1 saturated carbocycles. The molecule has 2 heterocycles. The number of nitro groups is 1.